The number of hydrogen-bond donors (Lipinski definition) is 1. The second-order valence-electron chi connectivity index (χ2n) is 5.61. The number of benzene rings is 1. The second kappa shape index (κ2) is 5.27. The van der Waals surface area contributed by atoms with Crippen molar-refractivity contribution in [3.05, 3.63) is 29.6 Å². The maximum Gasteiger partial charge on any atom is 0.130 e. The molecule has 0 aliphatic carbocycles. The summed E-state index contributed by atoms with van der Waals surface area (Å²) in [5, 5.41) is 0. The molecule has 0 bridgehead atoms. The molecule has 1 fully saturated rings. The molecule has 18 heavy (non-hydrogen) atoms. The number of halogens is 1. The van der Waals surface area contributed by atoms with Crippen molar-refractivity contribution in [2.45, 2.75) is 45.7 Å². The molecular formula is C15H23FN2. The molecule has 0 aromatic heterocycles. The molecule has 1 aromatic carbocycles. The average Bonchev–Trinajstić information content (AvgIpc) is 2.76. The monoisotopic (exact) mass is 250 g/mol. The van der Waals surface area contributed by atoms with E-state index in [9.17, 15) is 4.39 Å². The van der Waals surface area contributed by atoms with Crippen LogP contribution in [0.25, 0.3) is 0 Å². The number of hydrogen-bond acceptors (Lipinski definition) is 2. The molecule has 2 atom stereocenters. The van der Waals surface area contributed by atoms with Crippen LogP contribution in [0.2, 0.25) is 0 Å². The normalized spacial score (nSPS) is 21.7. The second-order valence-corrected chi connectivity index (χ2v) is 5.61. The molecule has 2 rings (SSSR count). The van der Waals surface area contributed by atoms with Gasteiger partial charge in [-0.05, 0) is 37.8 Å². The van der Waals surface area contributed by atoms with Crippen LogP contribution in [-0.4, -0.2) is 12.6 Å². The summed E-state index contributed by atoms with van der Waals surface area (Å²) >= 11 is 0. The molecular weight excluding hydrogens is 227 g/mol. The Morgan fingerprint density at radius 3 is 2.67 bits per heavy atom. The largest absolute Gasteiger partial charge is 0.368 e. The summed E-state index contributed by atoms with van der Waals surface area (Å²) in [7, 11) is 0. The third-order valence-electron chi connectivity index (χ3n) is 3.86. The van der Waals surface area contributed by atoms with E-state index in [2.05, 4.69) is 18.7 Å². The SMILES string of the molecule is CC(C)C1CCCN1c1cccc(F)c1[C@@H](C)N. The summed E-state index contributed by atoms with van der Waals surface area (Å²) in [4.78, 5) is 2.34. The molecule has 0 radical (unpaired) electrons. The van der Waals surface area contributed by atoms with E-state index in [1.165, 1.54) is 18.9 Å². The first-order valence-electron chi connectivity index (χ1n) is 6.83. The van der Waals surface area contributed by atoms with Crippen LogP contribution in [0.1, 0.15) is 45.2 Å². The number of nitrogens with zero attached hydrogens (tertiary/aromatic N) is 1. The Kier molecular flexibility index (Phi) is 3.91. The van der Waals surface area contributed by atoms with Crippen molar-refractivity contribution in [3.8, 4) is 0 Å². The van der Waals surface area contributed by atoms with E-state index < -0.39 is 0 Å². The van der Waals surface area contributed by atoms with Crippen LogP contribution < -0.4 is 10.6 Å². The van der Waals surface area contributed by atoms with E-state index in [1.54, 1.807) is 6.07 Å². The van der Waals surface area contributed by atoms with E-state index in [0.717, 1.165) is 12.2 Å². The predicted octanol–water partition coefficient (Wildman–Crippen LogP) is 3.47. The van der Waals surface area contributed by atoms with Gasteiger partial charge in [-0.1, -0.05) is 19.9 Å². The van der Waals surface area contributed by atoms with Gasteiger partial charge in [-0.25, -0.2) is 4.39 Å². The molecule has 1 heterocycles. The highest BCUT2D eigenvalue weighted by atomic mass is 19.1. The zero-order valence-electron chi connectivity index (χ0n) is 11.5. The first-order valence-corrected chi connectivity index (χ1v) is 6.83. The third-order valence-corrected chi connectivity index (χ3v) is 3.86. The standard InChI is InChI=1S/C15H23FN2/c1-10(2)13-8-5-9-18(13)14-7-4-6-12(16)15(14)11(3)17/h4,6-7,10-11,13H,5,8-9,17H2,1-3H3/t11-,13?/m1/s1. The van der Waals surface area contributed by atoms with Gasteiger partial charge in [0.25, 0.3) is 0 Å². The van der Waals surface area contributed by atoms with Gasteiger partial charge in [-0.2, -0.15) is 0 Å². The lowest BCUT2D eigenvalue weighted by molar-refractivity contribution is 0.489. The van der Waals surface area contributed by atoms with Crippen LogP contribution in [-0.2, 0) is 0 Å². The number of rotatable bonds is 3. The van der Waals surface area contributed by atoms with Gasteiger partial charge in [-0.15, -0.1) is 0 Å². The summed E-state index contributed by atoms with van der Waals surface area (Å²) in [5.41, 5.74) is 7.58. The van der Waals surface area contributed by atoms with Crippen LogP contribution in [0.3, 0.4) is 0 Å². The fourth-order valence-electron chi connectivity index (χ4n) is 3.01. The molecule has 1 saturated heterocycles. The van der Waals surface area contributed by atoms with Crippen molar-refractivity contribution in [3.63, 3.8) is 0 Å². The Morgan fingerprint density at radius 2 is 2.06 bits per heavy atom. The molecule has 100 valence electrons. The quantitative estimate of drug-likeness (QED) is 0.890. The summed E-state index contributed by atoms with van der Waals surface area (Å²) in [6, 6.07) is 5.52. The average molecular weight is 250 g/mol. The molecule has 3 heteroatoms. The van der Waals surface area contributed by atoms with Gasteiger partial charge in [0, 0.05) is 29.9 Å². The Morgan fingerprint density at radius 1 is 1.33 bits per heavy atom. The van der Waals surface area contributed by atoms with Crippen molar-refractivity contribution < 1.29 is 4.39 Å². The number of nitrogens with two attached hydrogens (primary N) is 1. The van der Waals surface area contributed by atoms with Crippen LogP contribution in [0.5, 0.6) is 0 Å². The summed E-state index contributed by atoms with van der Waals surface area (Å²) in [5.74, 6) is 0.397. The highest BCUT2D eigenvalue weighted by Gasteiger charge is 2.29. The summed E-state index contributed by atoms with van der Waals surface area (Å²) in [6.07, 6.45) is 2.37. The maximum atomic E-state index is 14.0. The van der Waals surface area contributed by atoms with Gasteiger partial charge >= 0.3 is 0 Å². The van der Waals surface area contributed by atoms with E-state index >= 15 is 0 Å². The molecule has 2 nitrogen and oxygen atoms in total. The maximum absolute atomic E-state index is 14.0. The van der Waals surface area contributed by atoms with Crippen LogP contribution in [0.4, 0.5) is 10.1 Å². The fraction of sp³-hybridized carbons (Fsp3) is 0.600. The zero-order chi connectivity index (χ0) is 13.3. The minimum atomic E-state index is -0.269. The van der Waals surface area contributed by atoms with Crippen molar-refractivity contribution in [2.75, 3.05) is 11.4 Å². The van der Waals surface area contributed by atoms with Crippen LogP contribution >= 0.6 is 0 Å². The van der Waals surface area contributed by atoms with Crippen molar-refractivity contribution in [1.82, 2.24) is 0 Å². The lowest BCUT2D eigenvalue weighted by atomic mass is 9.99. The van der Waals surface area contributed by atoms with E-state index in [4.69, 9.17) is 5.73 Å². The Labute approximate surface area is 109 Å². The van der Waals surface area contributed by atoms with Crippen molar-refractivity contribution >= 4 is 5.69 Å². The molecule has 0 spiro atoms. The lowest BCUT2D eigenvalue weighted by Gasteiger charge is -2.32. The lowest BCUT2D eigenvalue weighted by Crippen LogP contribution is -2.34. The van der Waals surface area contributed by atoms with Crippen molar-refractivity contribution in [2.24, 2.45) is 11.7 Å². The first-order chi connectivity index (χ1) is 8.52. The van der Waals surface area contributed by atoms with Gasteiger partial charge in [-0.3, -0.25) is 0 Å². The van der Waals surface area contributed by atoms with Gasteiger partial charge in [0.15, 0.2) is 0 Å². The van der Waals surface area contributed by atoms with E-state index in [1.807, 2.05) is 13.0 Å². The van der Waals surface area contributed by atoms with Gasteiger partial charge < -0.3 is 10.6 Å². The molecule has 1 aromatic rings. The first kappa shape index (κ1) is 13.3. The van der Waals surface area contributed by atoms with Crippen LogP contribution in [0, 0.1) is 11.7 Å². The topological polar surface area (TPSA) is 29.3 Å². The smallest absolute Gasteiger partial charge is 0.130 e. The van der Waals surface area contributed by atoms with E-state index in [0.29, 0.717) is 17.5 Å². The Bertz CT molecular complexity index is 415. The summed E-state index contributed by atoms with van der Waals surface area (Å²) in [6.45, 7) is 7.32. The molecule has 1 unspecified atom stereocenters. The predicted molar refractivity (Wildman–Crippen MR) is 74.2 cm³/mol. The molecule has 0 amide bonds. The fourth-order valence-corrected chi connectivity index (χ4v) is 3.01. The highest BCUT2D eigenvalue weighted by molar-refractivity contribution is 5.57. The highest BCUT2D eigenvalue weighted by Crippen LogP contribution is 2.35. The van der Waals surface area contributed by atoms with Gasteiger partial charge in [0.1, 0.15) is 5.82 Å². The molecule has 2 N–H and O–H groups in total. The number of anilines is 1. The molecule has 1 aliphatic heterocycles. The molecule has 1 aliphatic rings. The van der Waals surface area contributed by atoms with Crippen LogP contribution in [0.15, 0.2) is 18.2 Å². The minimum absolute atomic E-state index is 0.183. The zero-order valence-corrected chi connectivity index (χ0v) is 11.5. The third kappa shape index (κ3) is 2.37. The van der Waals surface area contributed by atoms with E-state index in [-0.39, 0.29) is 11.9 Å². The van der Waals surface area contributed by atoms with Gasteiger partial charge in [0.05, 0.1) is 0 Å². The molecule has 0 saturated carbocycles. The Hall–Kier alpha value is -1.09. The Balaban J connectivity index is 2.41. The van der Waals surface area contributed by atoms with Crippen molar-refractivity contribution in [1.29, 1.82) is 0 Å². The van der Waals surface area contributed by atoms with Gasteiger partial charge in [0.2, 0.25) is 0 Å². The minimum Gasteiger partial charge on any atom is -0.368 e. The summed E-state index contributed by atoms with van der Waals surface area (Å²) < 4.78 is 14.0.